The van der Waals surface area contributed by atoms with Gasteiger partial charge in [0.05, 0.1) is 0 Å². The van der Waals surface area contributed by atoms with Crippen molar-refractivity contribution >= 4 is 23.2 Å². The van der Waals surface area contributed by atoms with E-state index in [1.165, 1.54) is 0 Å². The molecule has 0 N–H and O–H groups in total. The molecule has 0 spiro atoms. The van der Waals surface area contributed by atoms with E-state index in [2.05, 4.69) is 113 Å². The second kappa shape index (κ2) is 8.67. The van der Waals surface area contributed by atoms with E-state index < -0.39 is 24.6 Å². The molecule has 6 nitrogen and oxygen atoms in total. The summed E-state index contributed by atoms with van der Waals surface area (Å²) in [5.74, 6) is 0. The van der Waals surface area contributed by atoms with Gasteiger partial charge in [-0.25, -0.2) is 0 Å². The Kier molecular flexibility index (Phi) is 9.22. The molecule has 0 bridgehead atoms. The van der Waals surface area contributed by atoms with Crippen LogP contribution in [0.1, 0.15) is 0 Å². The molecule has 0 aromatic carbocycles. The van der Waals surface area contributed by atoms with Gasteiger partial charge in [0.2, 0.25) is 0 Å². The van der Waals surface area contributed by atoms with Crippen molar-refractivity contribution in [3.05, 3.63) is 0 Å². The topological polar surface area (TPSA) is 19.4 Å². The molecule has 0 amide bonds. The minimum absolute atomic E-state index is 0.514. The van der Waals surface area contributed by atoms with Gasteiger partial charge in [0.25, 0.3) is 0 Å². The molecule has 0 aliphatic heterocycles. The van der Waals surface area contributed by atoms with Crippen molar-refractivity contribution in [1.82, 2.24) is 28.0 Å². The maximum atomic E-state index is 7.41. The number of halogens is 1. The Morgan fingerprint density at radius 1 is 0.455 bits per heavy atom. The third-order valence-electron chi connectivity index (χ3n) is 3.62. The maximum absolute atomic E-state index is 7.41. The van der Waals surface area contributed by atoms with Crippen LogP contribution in [-0.4, -0.2) is 113 Å². The molecule has 0 aromatic rings. The molecule has 0 aromatic heterocycles. The Bertz CT molecular complexity index is 279. The summed E-state index contributed by atoms with van der Waals surface area (Å²) in [5, 5.41) is 0. The van der Waals surface area contributed by atoms with Gasteiger partial charge in [-0.2, -0.15) is 0 Å². The molecular formula is C12H38ClN6NiP2. The van der Waals surface area contributed by atoms with Crippen molar-refractivity contribution in [1.29, 1.82) is 0 Å². The predicted octanol–water partition coefficient (Wildman–Crippen LogP) is 1.95. The average molecular weight is 423 g/mol. The summed E-state index contributed by atoms with van der Waals surface area (Å²) in [6, 6.07) is 0. The number of rotatable bonds is 8. The van der Waals surface area contributed by atoms with E-state index in [0.717, 1.165) is 0 Å². The van der Waals surface area contributed by atoms with Crippen LogP contribution in [0, 0.1) is 0 Å². The first-order chi connectivity index (χ1) is 9.81. The SMILES string of the molecule is CN(C)[PH](N(C)C)(N(C)C)[Ni]([Cl])[PH](N(C)C)(N(C)C)N(C)C. The molecule has 0 unspecified atom stereocenters. The molecule has 0 aliphatic carbocycles. The van der Waals surface area contributed by atoms with Gasteiger partial charge in [-0.05, 0) is 0 Å². The second-order valence-corrected chi connectivity index (χ2v) is 25.1. The van der Waals surface area contributed by atoms with Crippen molar-refractivity contribution in [3.63, 3.8) is 0 Å². The van der Waals surface area contributed by atoms with Crippen LogP contribution in [0.3, 0.4) is 0 Å². The summed E-state index contributed by atoms with van der Waals surface area (Å²) in [5.41, 5.74) is 0. The molecule has 0 saturated carbocycles. The molecule has 22 heavy (non-hydrogen) atoms. The van der Waals surface area contributed by atoms with Gasteiger partial charge in [-0.15, -0.1) is 0 Å². The molecular weight excluding hydrogens is 384 g/mol. The van der Waals surface area contributed by atoms with Crippen molar-refractivity contribution in [2.45, 2.75) is 0 Å². The molecule has 0 radical (unpaired) electrons. The van der Waals surface area contributed by atoms with Crippen LogP contribution in [0.15, 0.2) is 0 Å². The number of hydrogen-bond acceptors (Lipinski definition) is 6. The fourth-order valence-corrected chi connectivity index (χ4v) is 40.1. The third-order valence-corrected chi connectivity index (χ3v) is 31.5. The second-order valence-electron chi connectivity index (χ2n) is 6.59. The first-order valence-corrected chi connectivity index (χ1v) is 14.8. The minimum atomic E-state index is -2.21. The summed E-state index contributed by atoms with van der Waals surface area (Å²) in [4.78, 5) is 0. The number of hydrogen-bond donors (Lipinski definition) is 0. The van der Waals surface area contributed by atoms with E-state index in [4.69, 9.17) is 10.2 Å². The Labute approximate surface area is 147 Å². The van der Waals surface area contributed by atoms with Gasteiger partial charge in [0.15, 0.2) is 0 Å². The fraction of sp³-hybridized carbons (Fsp3) is 1.00. The van der Waals surface area contributed by atoms with E-state index in [1.807, 2.05) is 0 Å². The first kappa shape index (κ1) is 23.4. The molecule has 0 saturated heterocycles. The zero-order chi connectivity index (χ0) is 18.0. The van der Waals surface area contributed by atoms with Crippen LogP contribution in [0.4, 0.5) is 0 Å². The van der Waals surface area contributed by atoms with E-state index in [-0.39, 0.29) is 0 Å². The monoisotopic (exact) mass is 421 g/mol. The predicted molar refractivity (Wildman–Crippen MR) is 105 cm³/mol. The first-order valence-electron chi connectivity index (χ1n) is 7.14. The Morgan fingerprint density at radius 3 is 0.682 bits per heavy atom. The van der Waals surface area contributed by atoms with Crippen LogP contribution in [-0.2, 0) is 11.7 Å². The fourth-order valence-electron chi connectivity index (χ4n) is 3.29. The molecule has 0 atom stereocenters. The van der Waals surface area contributed by atoms with Crippen molar-refractivity contribution < 1.29 is 11.7 Å². The van der Waals surface area contributed by atoms with Gasteiger partial charge >= 0.3 is 147 Å². The van der Waals surface area contributed by atoms with Gasteiger partial charge in [-0.3, -0.25) is 0 Å². The quantitative estimate of drug-likeness (QED) is 0.437. The van der Waals surface area contributed by atoms with Crippen LogP contribution in [0.25, 0.3) is 0 Å². The summed E-state index contributed by atoms with van der Waals surface area (Å²) >= 11 is -0.514. The molecule has 0 heterocycles. The molecule has 0 fully saturated rings. The van der Waals surface area contributed by atoms with Gasteiger partial charge in [0.1, 0.15) is 0 Å². The normalized spacial score (nSPS) is 16.6. The summed E-state index contributed by atoms with van der Waals surface area (Å²) < 4.78 is 14.2. The van der Waals surface area contributed by atoms with Crippen LogP contribution < -0.4 is 0 Å². The summed E-state index contributed by atoms with van der Waals surface area (Å²) in [6.45, 7) is -4.42. The molecule has 10 heteroatoms. The van der Waals surface area contributed by atoms with Crippen molar-refractivity contribution in [2.24, 2.45) is 0 Å². The Balaban J connectivity index is 6.46. The van der Waals surface area contributed by atoms with Crippen LogP contribution in [0.5, 0.6) is 0 Å². The zero-order valence-corrected chi connectivity index (χ0v) is 20.1. The van der Waals surface area contributed by atoms with Crippen LogP contribution >= 0.6 is 23.2 Å². The number of nitrogens with zero attached hydrogens (tertiary/aromatic N) is 6. The molecule has 143 valence electrons. The van der Waals surface area contributed by atoms with Gasteiger partial charge in [-0.1, -0.05) is 0 Å². The van der Waals surface area contributed by atoms with E-state index in [9.17, 15) is 0 Å². The molecule has 0 rings (SSSR count). The van der Waals surface area contributed by atoms with Crippen molar-refractivity contribution in [3.8, 4) is 0 Å². The Morgan fingerprint density at radius 2 is 0.591 bits per heavy atom. The molecule has 0 aliphatic rings. The van der Waals surface area contributed by atoms with E-state index in [0.29, 0.717) is 0 Å². The summed E-state index contributed by atoms with van der Waals surface area (Å²) in [7, 11) is 33.4. The van der Waals surface area contributed by atoms with Crippen molar-refractivity contribution in [2.75, 3.05) is 84.6 Å². The third kappa shape index (κ3) is 3.65. The van der Waals surface area contributed by atoms with Gasteiger partial charge in [0, 0.05) is 0 Å². The average Bonchev–Trinajstić information content (AvgIpc) is 2.26. The van der Waals surface area contributed by atoms with Crippen LogP contribution in [0.2, 0.25) is 0 Å². The Hall–Kier alpha value is 1.40. The van der Waals surface area contributed by atoms with E-state index in [1.54, 1.807) is 0 Å². The standard InChI is InChI=1S/2C6H18N3P.ClH.Ni/c2*1-7(2)10(8(3)4)9(5)6;;/h2*1-6H3;1H;/q;;;-1/p+1. The zero-order valence-electron chi connectivity index (χ0n) is 16.4. The summed E-state index contributed by atoms with van der Waals surface area (Å²) in [6.07, 6.45) is 0. The van der Waals surface area contributed by atoms with Gasteiger partial charge < -0.3 is 0 Å². The van der Waals surface area contributed by atoms with E-state index >= 15 is 0 Å².